The largest absolute Gasteiger partial charge is 0.450 e. The van der Waals surface area contributed by atoms with E-state index in [9.17, 15) is 14.4 Å². The highest BCUT2D eigenvalue weighted by atomic mass is 16.6. The molecule has 2 aliphatic rings. The van der Waals surface area contributed by atoms with Crippen LogP contribution in [0.3, 0.4) is 0 Å². The summed E-state index contributed by atoms with van der Waals surface area (Å²) in [4.78, 5) is 37.4. The molecule has 3 amide bonds. The summed E-state index contributed by atoms with van der Waals surface area (Å²) in [5.41, 5.74) is 0. The van der Waals surface area contributed by atoms with Gasteiger partial charge in [-0.2, -0.15) is 0 Å². The second-order valence-electron chi connectivity index (χ2n) is 6.96. The van der Waals surface area contributed by atoms with Crippen LogP contribution < -0.4 is 10.6 Å². The lowest BCUT2D eigenvalue weighted by atomic mass is 10.1. The van der Waals surface area contributed by atoms with Gasteiger partial charge in [-0.05, 0) is 32.6 Å². The number of nitrogens with one attached hydrogen (secondary N) is 2. The lowest BCUT2D eigenvalue weighted by Gasteiger charge is -2.31. The minimum atomic E-state index is -0.296. The summed E-state index contributed by atoms with van der Waals surface area (Å²) >= 11 is 0. The minimum Gasteiger partial charge on any atom is -0.450 e. The van der Waals surface area contributed by atoms with Crippen molar-refractivity contribution in [3.8, 4) is 0 Å². The van der Waals surface area contributed by atoms with Crippen molar-refractivity contribution in [3.05, 3.63) is 0 Å². The number of hydrogen-bond acceptors (Lipinski definition) is 4. The number of hydrogen-bond donors (Lipinski definition) is 2. The summed E-state index contributed by atoms with van der Waals surface area (Å²) in [6, 6.07) is 0.236. The summed E-state index contributed by atoms with van der Waals surface area (Å²) in [5, 5.41) is 5.91. The van der Waals surface area contributed by atoms with Gasteiger partial charge in [-0.15, -0.1) is 0 Å². The van der Waals surface area contributed by atoms with Gasteiger partial charge in [0.15, 0.2) is 0 Å². The molecule has 0 aromatic heterocycles. The van der Waals surface area contributed by atoms with E-state index in [4.69, 9.17) is 4.74 Å². The molecule has 2 N–H and O–H groups in total. The van der Waals surface area contributed by atoms with E-state index in [1.54, 1.807) is 11.8 Å². The Bertz CT molecular complexity index is 453. The highest BCUT2D eigenvalue weighted by Gasteiger charge is 2.25. The van der Waals surface area contributed by atoms with Crippen molar-refractivity contribution in [3.63, 3.8) is 0 Å². The molecule has 0 bridgehead atoms. The first kappa shape index (κ1) is 19.5. The summed E-state index contributed by atoms with van der Waals surface area (Å²) in [7, 11) is 0. The Balaban J connectivity index is 1.65. The van der Waals surface area contributed by atoms with Gasteiger partial charge in [0.05, 0.1) is 6.61 Å². The first-order valence-corrected chi connectivity index (χ1v) is 9.59. The normalized spacial score (nSPS) is 19.8. The number of carbonyl (C=O) groups is 3. The van der Waals surface area contributed by atoms with E-state index in [1.807, 2.05) is 0 Å². The summed E-state index contributed by atoms with van der Waals surface area (Å²) in [6.45, 7) is 3.28. The van der Waals surface area contributed by atoms with Gasteiger partial charge in [0, 0.05) is 25.2 Å². The molecule has 1 aliphatic carbocycles. The molecule has 0 radical (unpaired) electrons. The number of carbonyl (C=O) groups excluding carboxylic acids is 3. The van der Waals surface area contributed by atoms with Gasteiger partial charge in [0.25, 0.3) is 0 Å². The Hall–Kier alpha value is -1.79. The van der Waals surface area contributed by atoms with Gasteiger partial charge in [-0.25, -0.2) is 4.79 Å². The van der Waals surface area contributed by atoms with Gasteiger partial charge in [0.2, 0.25) is 11.8 Å². The average Bonchev–Trinajstić information content (AvgIpc) is 2.84. The standard InChI is InChI=1S/C18H31N3O4/c1-2-25-18(24)21-11-9-15(10-12-21)20-17(23)13-16(22)19-14-7-5-3-4-6-8-14/h14-15H,2-13H2,1H3,(H,19,22)(H,20,23). The smallest absolute Gasteiger partial charge is 0.409 e. The molecule has 0 unspecified atom stereocenters. The van der Waals surface area contributed by atoms with Crippen molar-refractivity contribution in [2.45, 2.75) is 76.8 Å². The fraction of sp³-hybridized carbons (Fsp3) is 0.833. The van der Waals surface area contributed by atoms with Crippen molar-refractivity contribution in [1.29, 1.82) is 0 Å². The van der Waals surface area contributed by atoms with E-state index < -0.39 is 0 Å². The third-order valence-corrected chi connectivity index (χ3v) is 4.93. The van der Waals surface area contributed by atoms with E-state index in [1.165, 1.54) is 12.8 Å². The monoisotopic (exact) mass is 353 g/mol. The zero-order chi connectivity index (χ0) is 18.1. The summed E-state index contributed by atoms with van der Waals surface area (Å²) in [5.74, 6) is -0.422. The highest BCUT2D eigenvalue weighted by molar-refractivity contribution is 5.97. The molecule has 7 heteroatoms. The lowest BCUT2D eigenvalue weighted by Crippen LogP contribution is -2.47. The molecule has 142 valence electrons. The van der Waals surface area contributed by atoms with Crippen molar-refractivity contribution in [1.82, 2.24) is 15.5 Å². The van der Waals surface area contributed by atoms with Gasteiger partial charge in [-0.1, -0.05) is 25.7 Å². The van der Waals surface area contributed by atoms with Crippen molar-refractivity contribution in [2.75, 3.05) is 19.7 Å². The molecular weight excluding hydrogens is 322 g/mol. The lowest BCUT2D eigenvalue weighted by molar-refractivity contribution is -0.130. The number of piperidine rings is 1. The molecule has 1 aliphatic heterocycles. The Kier molecular flexibility index (Phi) is 8.01. The Morgan fingerprint density at radius 2 is 1.40 bits per heavy atom. The number of likely N-dealkylation sites (tertiary alicyclic amines) is 1. The number of nitrogens with zero attached hydrogens (tertiary/aromatic N) is 1. The maximum Gasteiger partial charge on any atom is 0.409 e. The third kappa shape index (κ3) is 6.92. The minimum absolute atomic E-state index is 0.0175. The molecule has 7 nitrogen and oxygen atoms in total. The topological polar surface area (TPSA) is 87.7 Å². The molecule has 2 rings (SSSR count). The second-order valence-corrected chi connectivity index (χ2v) is 6.96. The molecule has 25 heavy (non-hydrogen) atoms. The molecule has 0 atom stereocenters. The van der Waals surface area contributed by atoms with Gasteiger partial charge < -0.3 is 20.3 Å². The molecule has 0 aromatic carbocycles. The van der Waals surface area contributed by atoms with Crippen LogP contribution >= 0.6 is 0 Å². The zero-order valence-electron chi connectivity index (χ0n) is 15.2. The maximum absolute atomic E-state index is 12.1. The Morgan fingerprint density at radius 1 is 0.880 bits per heavy atom. The molecular formula is C18H31N3O4. The summed E-state index contributed by atoms with van der Waals surface area (Å²) < 4.78 is 4.98. The van der Waals surface area contributed by atoms with Crippen LogP contribution in [0.1, 0.15) is 64.7 Å². The quantitative estimate of drug-likeness (QED) is 0.584. The number of amides is 3. The maximum atomic E-state index is 12.1. The Morgan fingerprint density at radius 3 is 1.92 bits per heavy atom. The van der Waals surface area contributed by atoms with Crippen LogP contribution in [0.15, 0.2) is 0 Å². The zero-order valence-corrected chi connectivity index (χ0v) is 15.2. The van der Waals surface area contributed by atoms with E-state index in [2.05, 4.69) is 10.6 Å². The van der Waals surface area contributed by atoms with Gasteiger partial charge in [-0.3, -0.25) is 9.59 Å². The highest BCUT2D eigenvalue weighted by Crippen LogP contribution is 2.17. The van der Waals surface area contributed by atoms with Crippen LogP contribution in [-0.2, 0) is 14.3 Å². The average molecular weight is 353 g/mol. The molecule has 1 saturated carbocycles. The van der Waals surface area contributed by atoms with E-state index in [0.717, 1.165) is 25.7 Å². The van der Waals surface area contributed by atoms with Crippen LogP contribution in [0.4, 0.5) is 4.79 Å². The summed E-state index contributed by atoms with van der Waals surface area (Å²) in [6.07, 6.45) is 7.76. The third-order valence-electron chi connectivity index (χ3n) is 4.93. The molecule has 0 aromatic rings. The van der Waals surface area contributed by atoms with Gasteiger partial charge in [0.1, 0.15) is 6.42 Å². The first-order valence-electron chi connectivity index (χ1n) is 9.59. The number of rotatable bonds is 5. The fourth-order valence-corrected chi connectivity index (χ4v) is 3.55. The molecule has 0 spiro atoms. The van der Waals surface area contributed by atoms with Crippen molar-refractivity contribution in [2.24, 2.45) is 0 Å². The predicted molar refractivity (Wildman–Crippen MR) is 94.0 cm³/mol. The first-order chi connectivity index (χ1) is 12.1. The molecule has 2 fully saturated rings. The number of ether oxygens (including phenoxy) is 1. The van der Waals surface area contributed by atoms with Crippen LogP contribution in [0.2, 0.25) is 0 Å². The van der Waals surface area contributed by atoms with Crippen molar-refractivity contribution >= 4 is 17.9 Å². The van der Waals surface area contributed by atoms with E-state index in [0.29, 0.717) is 32.5 Å². The fourth-order valence-electron chi connectivity index (χ4n) is 3.55. The van der Waals surface area contributed by atoms with Crippen LogP contribution in [0.25, 0.3) is 0 Å². The molecule has 1 heterocycles. The van der Waals surface area contributed by atoms with Crippen LogP contribution in [0, 0.1) is 0 Å². The Labute approximate surface area is 149 Å². The molecule has 1 saturated heterocycles. The second kappa shape index (κ2) is 10.3. The van der Waals surface area contributed by atoms with Crippen molar-refractivity contribution < 1.29 is 19.1 Å². The predicted octanol–water partition coefficient (Wildman–Crippen LogP) is 1.95. The van der Waals surface area contributed by atoms with Gasteiger partial charge >= 0.3 is 6.09 Å². The van der Waals surface area contributed by atoms with Crippen LogP contribution in [0.5, 0.6) is 0 Å². The SMILES string of the molecule is CCOC(=O)N1CCC(NC(=O)CC(=O)NC2CCCCCC2)CC1. The van der Waals surface area contributed by atoms with E-state index in [-0.39, 0.29) is 36.4 Å². The van der Waals surface area contributed by atoms with Crippen LogP contribution in [-0.4, -0.2) is 54.6 Å². The van der Waals surface area contributed by atoms with E-state index >= 15 is 0 Å².